The number of hydrogen-bond acceptors (Lipinski definition) is 12. The van der Waals surface area contributed by atoms with Crippen LogP contribution >= 0.6 is 11.6 Å². The molecule has 5 N–H and O–H groups in total. The Morgan fingerprint density at radius 3 is 2.39 bits per heavy atom. The zero-order valence-electron chi connectivity index (χ0n) is 25.4. The Bertz CT molecular complexity index is 1790. The number of halogens is 3. The van der Waals surface area contributed by atoms with Gasteiger partial charge in [0.25, 0.3) is 11.6 Å². The van der Waals surface area contributed by atoms with Gasteiger partial charge in [-0.2, -0.15) is 0 Å². The van der Waals surface area contributed by atoms with Crippen LogP contribution in [0.1, 0.15) is 22.3 Å². The van der Waals surface area contributed by atoms with Gasteiger partial charge in [-0.1, -0.05) is 35.9 Å². The number of amides is 1. The van der Waals surface area contributed by atoms with E-state index in [4.69, 9.17) is 21.1 Å². The predicted octanol–water partition coefficient (Wildman–Crippen LogP) is -2.86. The summed E-state index contributed by atoms with van der Waals surface area (Å²) in [5.74, 6) is -8.70. The number of hydrogen-bond donors (Lipinski definition) is 5. The summed E-state index contributed by atoms with van der Waals surface area (Å²) in [5.41, 5.74) is -1.27. The number of carbonyl (C=O) groups excluding carboxylic acids is 2. The molecule has 49 heavy (non-hydrogen) atoms. The monoisotopic (exact) mass is 737 g/mol. The third kappa shape index (κ3) is 9.35. The first-order chi connectivity index (χ1) is 22.6. The van der Waals surface area contributed by atoms with Crippen molar-refractivity contribution in [2.45, 2.75) is 54.2 Å². The zero-order chi connectivity index (χ0) is 35.4. The number of carbonyl (C=O) groups is 2. The van der Waals surface area contributed by atoms with Gasteiger partial charge in [0.2, 0.25) is 15.8 Å². The van der Waals surface area contributed by atoms with Gasteiger partial charge in [-0.3, -0.25) is 14.9 Å². The van der Waals surface area contributed by atoms with E-state index in [-0.39, 0.29) is 35.1 Å². The molecule has 1 aliphatic rings. The number of benzene rings is 3. The molecule has 1 saturated heterocycles. The number of aliphatic hydroxyl groups excluding tert-OH is 3. The van der Waals surface area contributed by atoms with Crippen LogP contribution in [0.3, 0.4) is 0 Å². The molecule has 0 radical (unpaired) electrons. The van der Waals surface area contributed by atoms with Crippen molar-refractivity contribution in [1.29, 1.82) is 0 Å². The molecule has 0 aromatic heterocycles. The third-order valence-corrected chi connectivity index (χ3v) is 9.09. The van der Waals surface area contributed by atoms with Crippen LogP contribution in [-0.2, 0) is 30.9 Å². The molecule has 258 valence electrons. The molecular weight excluding hydrogens is 711 g/mol. The molecule has 0 saturated carbocycles. The number of para-hydroxylation sites is 1. The molecule has 0 unspecified atom stereocenters. The molecule has 0 aliphatic carbocycles. The summed E-state index contributed by atoms with van der Waals surface area (Å²) in [7, 11) is -4.95. The van der Waals surface area contributed by atoms with Gasteiger partial charge in [0.15, 0.2) is 16.5 Å². The van der Waals surface area contributed by atoms with Crippen LogP contribution in [0.5, 0.6) is 0 Å². The van der Waals surface area contributed by atoms with Crippen molar-refractivity contribution in [2.24, 2.45) is 0 Å². The number of nitro groups is 1. The Kier molecular flexibility index (Phi) is 13.7. The Morgan fingerprint density at radius 1 is 1.10 bits per heavy atom. The number of rotatable bonds is 13. The van der Waals surface area contributed by atoms with Gasteiger partial charge in [0, 0.05) is 35.2 Å². The largest absolute Gasteiger partial charge is 1.00 e. The summed E-state index contributed by atoms with van der Waals surface area (Å²) in [4.78, 5) is 34.6. The second-order valence-electron chi connectivity index (χ2n) is 10.5. The number of nitrogens with zero attached hydrogens (tertiary/aromatic N) is 1. The number of carboxylic acid groups (broad SMARTS) is 1. The Balaban J connectivity index is 0.00000650. The SMILES string of the molecule is O=C(NC[C@@H](O)[C@H](O)[C@@H]1O[C@@](OCc2cccc(F)c2F)(C(=O)[O-])C[C@H](O)[C@H]1NS(=O)(=O)c1ccccc1[N+](=O)[O-])c1ccc(Cl)cc1.[Na+]. The van der Waals surface area contributed by atoms with E-state index in [0.717, 1.165) is 36.4 Å². The summed E-state index contributed by atoms with van der Waals surface area (Å²) < 4.78 is 67.5. The smallest absolute Gasteiger partial charge is 0.544 e. The molecule has 3 aromatic carbocycles. The van der Waals surface area contributed by atoms with E-state index in [9.17, 15) is 57.3 Å². The molecule has 6 atom stereocenters. The maximum Gasteiger partial charge on any atom is 1.00 e. The average molecular weight is 738 g/mol. The van der Waals surface area contributed by atoms with Crippen molar-refractivity contribution >= 4 is 39.2 Å². The topological polar surface area (TPSA) is 238 Å². The number of carboxylic acids is 1. The second-order valence-corrected chi connectivity index (χ2v) is 12.7. The molecule has 20 heteroatoms. The minimum absolute atomic E-state index is 0. The maximum atomic E-state index is 14.3. The van der Waals surface area contributed by atoms with Crippen molar-refractivity contribution in [2.75, 3.05) is 6.54 Å². The van der Waals surface area contributed by atoms with Gasteiger partial charge < -0.3 is 40.0 Å². The first kappa shape index (κ1) is 40.3. The fourth-order valence-corrected chi connectivity index (χ4v) is 6.42. The van der Waals surface area contributed by atoms with E-state index in [1.54, 1.807) is 0 Å². The fourth-order valence-electron chi connectivity index (χ4n) is 4.85. The third-order valence-electron chi connectivity index (χ3n) is 7.33. The van der Waals surface area contributed by atoms with Gasteiger partial charge >= 0.3 is 29.6 Å². The molecule has 3 aromatic rings. The molecule has 1 heterocycles. The Labute approximate surface area is 304 Å². The van der Waals surface area contributed by atoms with Crippen LogP contribution in [0.2, 0.25) is 5.02 Å². The van der Waals surface area contributed by atoms with E-state index in [1.165, 1.54) is 30.3 Å². The second kappa shape index (κ2) is 16.7. The number of aliphatic hydroxyl groups is 3. The number of nitro benzene ring substituents is 1. The first-order valence-electron chi connectivity index (χ1n) is 13.9. The van der Waals surface area contributed by atoms with Crippen LogP contribution in [0.4, 0.5) is 14.5 Å². The van der Waals surface area contributed by atoms with Crippen LogP contribution < -0.4 is 44.7 Å². The van der Waals surface area contributed by atoms with Crippen molar-refractivity contribution in [1.82, 2.24) is 10.0 Å². The number of nitrogens with one attached hydrogen (secondary N) is 2. The number of aliphatic carboxylic acids is 1. The summed E-state index contributed by atoms with van der Waals surface area (Å²) in [5, 5.41) is 59.6. The number of sulfonamides is 1. The van der Waals surface area contributed by atoms with E-state index in [1.807, 2.05) is 4.72 Å². The van der Waals surface area contributed by atoms with Crippen molar-refractivity contribution in [3.05, 3.63) is 105 Å². The molecule has 0 bridgehead atoms. The standard InChI is InChI=1S/C29H28ClF2N3O12S.Na/c30-17-10-8-15(9-11-17)27(39)33-13-21(37)25(38)26-24(34-48(44,45)22-7-2-1-6-19(22)35(42)43)20(36)12-29(47-26,28(40)41)46-14-16-4-3-5-18(31)23(16)32;/h1-11,20-21,24-26,34,36-38H,12-14H2,(H,33,39)(H,40,41);/q;+1/p-1/t20-,21+,24+,25-,26+,29+;/m0./s1. The van der Waals surface area contributed by atoms with E-state index < -0.39 is 110 Å². The summed E-state index contributed by atoms with van der Waals surface area (Å²) >= 11 is 5.81. The molecule has 4 rings (SSSR count). The van der Waals surface area contributed by atoms with Crippen LogP contribution in [0.25, 0.3) is 0 Å². The van der Waals surface area contributed by atoms with Gasteiger partial charge in [-0.05, 0) is 36.4 Å². The number of ether oxygens (including phenoxy) is 2. The van der Waals surface area contributed by atoms with Gasteiger partial charge in [-0.25, -0.2) is 21.9 Å². The molecule has 1 aliphatic heterocycles. The van der Waals surface area contributed by atoms with Gasteiger partial charge in [0.05, 0.1) is 29.8 Å². The van der Waals surface area contributed by atoms with Gasteiger partial charge in [-0.15, -0.1) is 0 Å². The predicted molar refractivity (Wildman–Crippen MR) is 157 cm³/mol. The Hall–Kier alpha value is -3.14. The summed E-state index contributed by atoms with van der Waals surface area (Å²) in [6.07, 6.45) is -9.90. The molecular formula is C29H27ClF2N3NaO12S. The van der Waals surface area contributed by atoms with E-state index >= 15 is 0 Å². The first-order valence-corrected chi connectivity index (χ1v) is 15.7. The minimum atomic E-state index is -4.95. The summed E-state index contributed by atoms with van der Waals surface area (Å²) in [6.45, 7) is -1.73. The maximum absolute atomic E-state index is 14.3. The zero-order valence-corrected chi connectivity index (χ0v) is 28.9. The quantitative estimate of drug-likeness (QED) is 0.0677. The van der Waals surface area contributed by atoms with Crippen molar-refractivity contribution in [3.63, 3.8) is 0 Å². The van der Waals surface area contributed by atoms with Crippen LogP contribution in [0.15, 0.2) is 71.6 Å². The molecule has 15 nitrogen and oxygen atoms in total. The molecule has 1 amide bonds. The average Bonchev–Trinajstić information content (AvgIpc) is 3.05. The van der Waals surface area contributed by atoms with Crippen LogP contribution in [-0.4, -0.2) is 83.3 Å². The fraction of sp³-hybridized carbons (Fsp3) is 0.310. The van der Waals surface area contributed by atoms with Crippen molar-refractivity contribution in [3.8, 4) is 0 Å². The van der Waals surface area contributed by atoms with Crippen molar-refractivity contribution < 1.29 is 91.2 Å². The summed E-state index contributed by atoms with van der Waals surface area (Å²) in [6, 6.07) is 10.5. The van der Waals surface area contributed by atoms with E-state index in [2.05, 4.69) is 5.32 Å². The molecule has 0 spiro atoms. The molecule has 1 fully saturated rings. The van der Waals surface area contributed by atoms with Crippen LogP contribution in [0, 0.1) is 21.7 Å². The normalized spacial score (nSPS) is 22.0. The van der Waals surface area contributed by atoms with E-state index in [0.29, 0.717) is 5.02 Å². The van der Waals surface area contributed by atoms with Gasteiger partial charge in [0.1, 0.15) is 18.2 Å². The Morgan fingerprint density at radius 2 is 1.76 bits per heavy atom. The minimum Gasteiger partial charge on any atom is -0.544 e.